The van der Waals surface area contributed by atoms with Crippen LogP contribution >= 0.6 is 0 Å². The fraction of sp³-hybridized carbons (Fsp3) is 0.286. The Labute approximate surface area is 147 Å². The highest BCUT2D eigenvalue weighted by Gasteiger charge is 2.20. The molecule has 3 aromatic rings. The molecule has 25 heavy (non-hydrogen) atoms. The van der Waals surface area contributed by atoms with E-state index < -0.39 is 0 Å². The number of furan rings is 1. The van der Waals surface area contributed by atoms with Gasteiger partial charge in [0.15, 0.2) is 0 Å². The van der Waals surface area contributed by atoms with Crippen LogP contribution in [0.4, 0.5) is 0 Å². The summed E-state index contributed by atoms with van der Waals surface area (Å²) < 4.78 is 5.39. The van der Waals surface area contributed by atoms with E-state index in [9.17, 15) is 4.79 Å². The number of nitrogens with zero attached hydrogens (tertiary/aromatic N) is 1. The molecule has 4 nitrogen and oxygen atoms in total. The van der Waals surface area contributed by atoms with Gasteiger partial charge in [-0.3, -0.25) is 4.79 Å². The van der Waals surface area contributed by atoms with E-state index in [-0.39, 0.29) is 5.91 Å². The molecule has 0 unspecified atom stereocenters. The van der Waals surface area contributed by atoms with E-state index in [2.05, 4.69) is 11.4 Å². The summed E-state index contributed by atoms with van der Waals surface area (Å²) in [5.41, 5.74) is 3.85. The highest BCUT2D eigenvalue weighted by Crippen LogP contribution is 2.25. The Morgan fingerprint density at radius 2 is 1.96 bits per heavy atom. The van der Waals surface area contributed by atoms with Crippen LogP contribution in [0.5, 0.6) is 0 Å². The van der Waals surface area contributed by atoms with Crippen LogP contribution in [0.3, 0.4) is 0 Å². The second-order valence-corrected chi connectivity index (χ2v) is 6.80. The summed E-state index contributed by atoms with van der Waals surface area (Å²) in [6, 6.07) is 16.0. The van der Waals surface area contributed by atoms with Gasteiger partial charge >= 0.3 is 0 Å². The van der Waals surface area contributed by atoms with Gasteiger partial charge in [-0.05, 0) is 66.9 Å². The molecule has 1 amide bonds. The van der Waals surface area contributed by atoms with Crippen molar-refractivity contribution in [3.8, 4) is 11.1 Å². The van der Waals surface area contributed by atoms with Crippen LogP contribution in [0.25, 0.3) is 22.1 Å². The zero-order chi connectivity index (χ0) is 17.2. The fourth-order valence-electron chi connectivity index (χ4n) is 3.51. The Bertz CT molecular complexity index is 876. The van der Waals surface area contributed by atoms with E-state index in [1.54, 1.807) is 6.26 Å². The zero-order valence-corrected chi connectivity index (χ0v) is 14.4. The SMILES string of the molecule is CN(C[C@@H]1CCNC1)C(=O)c1ccc(-c2ccc3occc3c2)cc1. The Balaban J connectivity index is 1.49. The van der Waals surface area contributed by atoms with Gasteiger partial charge in [-0.2, -0.15) is 0 Å². The van der Waals surface area contributed by atoms with Gasteiger partial charge in [-0.1, -0.05) is 18.2 Å². The molecule has 1 N–H and O–H groups in total. The van der Waals surface area contributed by atoms with Crippen molar-refractivity contribution in [2.24, 2.45) is 5.92 Å². The molecule has 1 aromatic heterocycles. The molecule has 1 saturated heterocycles. The molecule has 2 heterocycles. The van der Waals surface area contributed by atoms with Crippen molar-refractivity contribution in [3.05, 3.63) is 60.4 Å². The van der Waals surface area contributed by atoms with Crippen LogP contribution in [0.2, 0.25) is 0 Å². The number of carbonyl (C=O) groups is 1. The third-order valence-corrected chi connectivity index (χ3v) is 4.96. The third kappa shape index (κ3) is 3.30. The van der Waals surface area contributed by atoms with Gasteiger partial charge in [0.2, 0.25) is 0 Å². The standard InChI is InChI=1S/C21H22N2O2/c1-23(14-15-8-10-22-13-15)21(24)17-4-2-16(3-5-17)18-6-7-20-19(12-18)9-11-25-20/h2-7,9,11-12,15,22H,8,10,13-14H2,1H3/t15-/m1/s1. The van der Waals surface area contributed by atoms with E-state index in [1.165, 1.54) is 0 Å². The lowest BCUT2D eigenvalue weighted by atomic mass is 10.0. The molecule has 0 aliphatic carbocycles. The summed E-state index contributed by atoms with van der Waals surface area (Å²) in [6.07, 6.45) is 2.85. The number of carbonyl (C=O) groups excluding carboxylic acids is 1. The van der Waals surface area contributed by atoms with Gasteiger partial charge in [0.05, 0.1) is 6.26 Å². The normalized spacial score (nSPS) is 17.1. The number of fused-ring (bicyclic) bond motifs is 1. The summed E-state index contributed by atoms with van der Waals surface area (Å²) in [5, 5.41) is 4.43. The molecule has 0 saturated carbocycles. The first kappa shape index (κ1) is 15.9. The largest absolute Gasteiger partial charge is 0.464 e. The van der Waals surface area contributed by atoms with E-state index in [4.69, 9.17) is 4.42 Å². The highest BCUT2D eigenvalue weighted by atomic mass is 16.3. The van der Waals surface area contributed by atoms with Crippen LogP contribution in [0, 0.1) is 5.92 Å². The quantitative estimate of drug-likeness (QED) is 0.790. The maximum Gasteiger partial charge on any atom is 0.253 e. The summed E-state index contributed by atoms with van der Waals surface area (Å²) >= 11 is 0. The lowest BCUT2D eigenvalue weighted by Gasteiger charge is -2.21. The molecule has 1 fully saturated rings. The monoisotopic (exact) mass is 334 g/mol. The highest BCUT2D eigenvalue weighted by molar-refractivity contribution is 5.94. The minimum absolute atomic E-state index is 0.0868. The zero-order valence-electron chi connectivity index (χ0n) is 14.4. The maximum atomic E-state index is 12.6. The van der Waals surface area contributed by atoms with Crippen LogP contribution < -0.4 is 5.32 Å². The molecule has 4 rings (SSSR count). The van der Waals surface area contributed by atoms with Crippen molar-refractivity contribution in [1.29, 1.82) is 0 Å². The number of benzene rings is 2. The Morgan fingerprint density at radius 3 is 2.72 bits per heavy atom. The minimum Gasteiger partial charge on any atom is -0.464 e. The van der Waals surface area contributed by atoms with Gasteiger partial charge in [0.25, 0.3) is 5.91 Å². The second-order valence-electron chi connectivity index (χ2n) is 6.80. The second kappa shape index (κ2) is 6.73. The predicted molar refractivity (Wildman–Crippen MR) is 99.6 cm³/mol. The first-order valence-corrected chi connectivity index (χ1v) is 8.74. The van der Waals surface area contributed by atoms with Crippen molar-refractivity contribution in [1.82, 2.24) is 10.2 Å². The molecule has 128 valence electrons. The lowest BCUT2D eigenvalue weighted by Crippen LogP contribution is -2.32. The molecule has 1 atom stereocenters. The van der Waals surface area contributed by atoms with Crippen molar-refractivity contribution >= 4 is 16.9 Å². The van der Waals surface area contributed by atoms with E-state index in [0.29, 0.717) is 5.92 Å². The van der Waals surface area contributed by atoms with Gasteiger partial charge in [-0.25, -0.2) is 0 Å². The first-order valence-electron chi connectivity index (χ1n) is 8.74. The van der Waals surface area contributed by atoms with E-state index in [1.807, 2.05) is 54.4 Å². The number of amides is 1. The lowest BCUT2D eigenvalue weighted by molar-refractivity contribution is 0.0776. The molecule has 1 aliphatic rings. The van der Waals surface area contributed by atoms with E-state index in [0.717, 1.165) is 53.7 Å². The topological polar surface area (TPSA) is 45.5 Å². The molecule has 1 aliphatic heterocycles. The average molecular weight is 334 g/mol. The summed E-state index contributed by atoms with van der Waals surface area (Å²) in [4.78, 5) is 14.5. The summed E-state index contributed by atoms with van der Waals surface area (Å²) in [5.74, 6) is 0.652. The van der Waals surface area contributed by atoms with Crippen LogP contribution in [0.15, 0.2) is 59.2 Å². The summed E-state index contributed by atoms with van der Waals surface area (Å²) in [7, 11) is 1.89. The molecular formula is C21H22N2O2. The number of rotatable bonds is 4. The van der Waals surface area contributed by atoms with Crippen molar-refractivity contribution in [2.75, 3.05) is 26.7 Å². The molecule has 0 radical (unpaired) electrons. The Hall–Kier alpha value is -2.59. The maximum absolute atomic E-state index is 12.6. The van der Waals surface area contributed by atoms with Crippen LogP contribution in [0.1, 0.15) is 16.8 Å². The van der Waals surface area contributed by atoms with Crippen molar-refractivity contribution < 1.29 is 9.21 Å². The Kier molecular flexibility index (Phi) is 4.28. The molecule has 0 spiro atoms. The fourth-order valence-corrected chi connectivity index (χ4v) is 3.51. The van der Waals surface area contributed by atoms with Gasteiger partial charge in [-0.15, -0.1) is 0 Å². The van der Waals surface area contributed by atoms with E-state index >= 15 is 0 Å². The minimum atomic E-state index is 0.0868. The number of nitrogens with one attached hydrogen (secondary N) is 1. The summed E-state index contributed by atoms with van der Waals surface area (Å²) in [6.45, 7) is 2.88. The van der Waals surface area contributed by atoms with Crippen molar-refractivity contribution in [3.63, 3.8) is 0 Å². The van der Waals surface area contributed by atoms with Gasteiger partial charge in [0, 0.05) is 24.5 Å². The molecule has 2 aromatic carbocycles. The third-order valence-electron chi connectivity index (χ3n) is 4.96. The average Bonchev–Trinajstić information content (AvgIpc) is 3.32. The van der Waals surface area contributed by atoms with Crippen LogP contribution in [-0.4, -0.2) is 37.5 Å². The number of hydrogen-bond acceptors (Lipinski definition) is 3. The predicted octanol–water partition coefficient (Wildman–Crippen LogP) is 3.78. The molecular weight excluding hydrogens is 312 g/mol. The van der Waals surface area contributed by atoms with Gasteiger partial charge in [0.1, 0.15) is 5.58 Å². The first-order chi connectivity index (χ1) is 12.2. The molecule has 0 bridgehead atoms. The van der Waals surface area contributed by atoms with Crippen LogP contribution in [-0.2, 0) is 0 Å². The number of hydrogen-bond donors (Lipinski definition) is 1. The van der Waals surface area contributed by atoms with Gasteiger partial charge < -0.3 is 14.6 Å². The smallest absolute Gasteiger partial charge is 0.253 e. The molecule has 4 heteroatoms. The Morgan fingerprint density at radius 1 is 1.16 bits per heavy atom. The van der Waals surface area contributed by atoms with Crippen molar-refractivity contribution in [2.45, 2.75) is 6.42 Å².